The summed E-state index contributed by atoms with van der Waals surface area (Å²) >= 11 is 0. The quantitative estimate of drug-likeness (QED) is 0.739. The Kier molecular flexibility index (Phi) is 5.66. The minimum absolute atomic E-state index is 0.627. The normalized spacial score (nSPS) is 10.8. The summed E-state index contributed by atoms with van der Waals surface area (Å²) in [6.45, 7) is 2.15. The number of nitrogens with one attached hydrogen (secondary N) is 1. The molecule has 0 fully saturated rings. The van der Waals surface area contributed by atoms with Crippen LogP contribution in [0.15, 0.2) is 47.1 Å². The second-order valence-electron chi connectivity index (χ2n) is 4.54. The third kappa shape index (κ3) is 4.54. The van der Waals surface area contributed by atoms with Gasteiger partial charge in [-0.05, 0) is 31.5 Å². The first-order valence-corrected chi connectivity index (χ1v) is 6.71. The highest BCUT2D eigenvalue weighted by atomic mass is 16.5. The van der Waals surface area contributed by atoms with E-state index in [-0.39, 0.29) is 0 Å². The molecule has 3 nitrogen and oxygen atoms in total. The molecule has 3 heteroatoms. The third-order valence-corrected chi connectivity index (χ3v) is 3.03. The summed E-state index contributed by atoms with van der Waals surface area (Å²) in [5.74, 6) is 0.963. The smallest absolute Gasteiger partial charge is 0.123 e. The Morgan fingerprint density at radius 2 is 2.00 bits per heavy atom. The largest absolute Gasteiger partial charge is 0.468 e. The van der Waals surface area contributed by atoms with Crippen molar-refractivity contribution in [2.45, 2.75) is 26.0 Å². The highest BCUT2D eigenvalue weighted by Gasteiger charge is 2.04. The second kappa shape index (κ2) is 7.77. The van der Waals surface area contributed by atoms with Crippen LogP contribution < -0.4 is 5.32 Å². The summed E-state index contributed by atoms with van der Waals surface area (Å²) < 4.78 is 11.1. The predicted octanol–water partition coefficient (Wildman–Crippen LogP) is 3.15. The van der Waals surface area contributed by atoms with Crippen molar-refractivity contribution in [2.75, 3.05) is 13.7 Å². The molecule has 0 amide bonds. The van der Waals surface area contributed by atoms with Crippen LogP contribution in [0.5, 0.6) is 0 Å². The van der Waals surface area contributed by atoms with E-state index in [2.05, 4.69) is 29.6 Å². The van der Waals surface area contributed by atoms with Gasteiger partial charge >= 0.3 is 0 Å². The Morgan fingerprint density at radius 1 is 1.16 bits per heavy atom. The molecule has 0 aliphatic carbocycles. The number of ether oxygens (including phenoxy) is 1. The van der Waals surface area contributed by atoms with Crippen LogP contribution in [0.2, 0.25) is 0 Å². The first-order valence-electron chi connectivity index (χ1n) is 6.71. The number of hydrogen-bond acceptors (Lipinski definition) is 3. The molecule has 19 heavy (non-hydrogen) atoms. The molecule has 0 atom stereocenters. The monoisotopic (exact) mass is 259 g/mol. The van der Waals surface area contributed by atoms with Crippen molar-refractivity contribution < 1.29 is 9.15 Å². The first kappa shape index (κ1) is 13.8. The second-order valence-corrected chi connectivity index (χ2v) is 4.54. The molecule has 2 rings (SSSR count). The van der Waals surface area contributed by atoms with E-state index in [4.69, 9.17) is 9.15 Å². The predicted molar refractivity (Wildman–Crippen MR) is 75.9 cm³/mol. The maximum Gasteiger partial charge on any atom is 0.123 e. The topological polar surface area (TPSA) is 34.4 Å². The summed E-state index contributed by atoms with van der Waals surface area (Å²) in [5.41, 5.74) is 2.50. The molecule has 0 unspecified atom stereocenters. The van der Waals surface area contributed by atoms with Crippen molar-refractivity contribution in [2.24, 2.45) is 0 Å². The molecule has 1 N–H and O–H groups in total. The van der Waals surface area contributed by atoms with Gasteiger partial charge in [-0.15, -0.1) is 0 Å². The molecule has 0 saturated carbocycles. The molecule has 1 aromatic carbocycles. The van der Waals surface area contributed by atoms with Gasteiger partial charge in [0.2, 0.25) is 0 Å². The Morgan fingerprint density at radius 3 is 2.79 bits per heavy atom. The lowest BCUT2D eigenvalue weighted by Gasteiger charge is -2.05. The van der Waals surface area contributed by atoms with Crippen LogP contribution in [0.3, 0.4) is 0 Å². The van der Waals surface area contributed by atoms with E-state index in [9.17, 15) is 0 Å². The van der Waals surface area contributed by atoms with Gasteiger partial charge in [-0.25, -0.2) is 0 Å². The molecule has 0 saturated heterocycles. The molecule has 0 bridgehead atoms. The lowest BCUT2D eigenvalue weighted by molar-refractivity contribution is 0.117. The van der Waals surface area contributed by atoms with Gasteiger partial charge in [0.05, 0.1) is 19.4 Å². The van der Waals surface area contributed by atoms with Gasteiger partial charge < -0.3 is 14.5 Å². The van der Waals surface area contributed by atoms with Crippen LogP contribution in [0.1, 0.15) is 23.3 Å². The summed E-state index contributed by atoms with van der Waals surface area (Å²) in [6.07, 6.45) is 3.83. The van der Waals surface area contributed by atoms with Gasteiger partial charge in [0.1, 0.15) is 5.76 Å². The minimum Gasteiger partial charge on any atom is -0.468 e. The number of rotatable bonds is 8. The van der Waals surface area contributed by atoms with Crippen LogP contribution in [-0.2, 0) is 24.3 Å². The summed E-state index contributed by atoms with van der Waals surface area (Å²) in [6, 6.07) is 12.5. The highest BCUT2D eigenvalue weighted by molar-refractivity contribution is 5.16. The maximum absolute atomic E-state index is 5.70. The van der Waals surface area contributed by atoms with Gasteiger partial charge in [0.15, 0.2) is 0 Å². The number of benzene rings is 1. The first-order chi connectivity index (χ1) is 9.40. The zero-order valence-corrected chi connectivity index (χ0v) is 11.4. The molecule has 1 aromatic heterocycles. The average molecular weight is 259 g/mol. The molecular weight excluding hydrogens is 238 g/mol. The van der Waals surface area contributed by atoms with Gasteiger partial charge in [0.25, 0.3) is 0 Å². The van der Waals surface area contributed by atoms with Crippen LogP contribution in [-0.4, -0.2) is 13.7 Å². The van der Waals surface area contributed by atoms with E-state index in [0.717, 1.165) is 37.3 Å². The van der Waals surface area contributed by atoms with Crippen LogP contribution in [0, 0.1) is 0 Å². The van der Waals surface area contributed by atoms with E-state index < -0.39 is 0 Å². The fourth-order valence-electron chi connectivity index (χ4n) is 2.02. The Labute approximate surface area is 114 Å². The minimum atomic E-state index is 0.627. The van der Waals surface area contributed by atoms with Crippen LogP contribution in [0.4, 0.5) is 0 Å². The van der Waals surface area contributed by atoms with Crippen molar-refractivity contribution in [3.8, 4) is 0 Å². The lowest BCUT2D eigenvalue weighted by Crippen LogP contribution is -2.07. The Balaban J connectivity index is 1.65. The van der Waals surface area contributed by atoms with Crippen LogP contribution >= 0.6 is 0 Å². The lowest BCUT2D eigenvalue weighted by atomic mass is 10.1. The third-order valence-electron chi connectivity index (χ3n) is 3.03. The van der Waals surface area contributed by atoms with Crippen molar-refractivity contribution in [1.82, 2.24) is 5.32 Å². The standard InChI is InChI=1S/C16H21NO2/c1-17-12-16-15(9-11-19-16)13-18-10-5-8-14-6-3-2-4-7-14/h2-4,6-7,9,11,17H,5,8,10,12-13H2,1H3. The highest BCUT2D eigenvalue weighted by Crippen LogP contribution is 2.12. The Hall–Kier alpha value is -1.58. The molecule has 2 aromatic rings. The van der Waals surface area contributed by atoms with Crippen molar-refractivity contribution in [1.29, 1.82) is 0 Å². The van der Waals surface area contributed by atoms with Gasteiger partial charge in [0, 0.05) is 12.2 Å². The molecule has 0 spiro atoms. The molecular formula is C16H21NO2. The zero-order chi connectivity index (χ0) is 13.3. The van der Waals surface area contributed by atoms with E-state index in [1.165, 1.54) is 5.56 Å². The molecule has 1 heterocycles. The SMILES string of the molecule is CNCc1occc1COCCCc1ccccc1. The zero-order valence-electron chi connectivity index (χ0n) is 11.4. The van der Waals surface area contributed by atoms with Crippen molar-refractivity contribution in [3.05, 3.63) is 59.5 Å². The van der Waals surface area contributed by atoms with Gasteiger partial charge in [-0.3, -0.25) is 0 Å². The van der Waals surface area contributed by atoms with Gasteiger partial charge in [-0.2, -0.15) is 0 Å². The van der Waals surface area contributed by atoms with E-state index in [1.54, 1.807) is 6.26 Å². The number of aryl methyl sites for hydroxylation is 1. The van der Waals surface area contributed by atoms with Crippen molar-refractivity contribution >= 4 is 0 Å². The maximum atomic E-state index is 5.70. The summed E-state index contributed by atoms with van der Waals surface area (Å²) in [4.78, 5) is 0. The summed E-state index contributed by atoms with van der Waals surface area (Å²) in [5, 5.41) is 3.08. The average Bonchev–Trinajstić information content (AvgIpc) is 2.88. The van der Waals surface area contributed by atoms with E-state index in [1.807, 2.05) is 19.2 Å². The molecule has 0 aliphatic rings. The van der Waals surface area contributed by atoms with E-state index >= 15 is 0 Å². The van der Waals surface area contributed by atoms with Gasteiger partial charge in [-0.1, -0.05) is 30.3 Å². The number of hydrogen-bond donors (Lipinski definition) is 1. The van der Waals surface area contributed by atoms with Crippen LogP contribution in [0.25, 0.3) is 0 Å². The molecule has 102 valence electrons. The number of furan rings is 1. The van der Waals surface area contributed by atoms with E-state index in [0.29, 0.717) is 6.61 Å². The summed E-state index contributed by atoms with van der Waals surface area (Å²) in [7, 11) is 1.91. The molecule has 0 radical (unpaired) electrons. The van der Waals surface area contributed by atoms with Crippen molar-refractivity contribution in [3.63, 3.8) is 0 Å². The molecule has 0 aliphatic heterocycles. The fraction of sp³-hybridized carbons (Fsp3) is 0.375. The Bertz CT molecular complexity index is 465. The fourth-order valence-corrected chi connectivity index (χ4v) is 2.02.